The van der Waals surface area contributed by atoms with Crippen LogP contribution in [-0.2, 0) is 11.3 Å². The van der Waals surface area contributed by atoms with Crippen LogP contribution in [0.2, 0.25) is 0 Å². The monoisotopic (exact) mass is 322 g/mol. The van der Waals surface area contributed by atoms with Crippen molar-refractivity contribution in [2.24, 2.45) is 0 Å². The number of halogens is 2. The molecule has 0 aliphatic heterocycles. The molecule has 0 spiro atoms. The lowest BCUT2D eigenvalue weighted by molar-refractivity contribution is -0.216. The van der Waals surface area contributed by atoms with Crippen molar-refractivity contribution < 1.29 is 18.7 Å². The average molecular weight is 322 g/mol. The molecule has 1 aliphatic rings. The van der Waals surface area contributed by atoms with E-state index in [4.69, 9.17) is 0 Å². The zero-order chi connectivity index (χ0) is 16.5. The molecule has 0 aromatic carbocycles. The first-order valence-corrected chi connectivity index (χ1v) is 7.26. The molecule has 2 N–H and O–H groups in total. The van der Waals surface area contributed by atoms with Gasteiger partial charge in [-0.2, -0.15) is 13.9 Å². The summed E-state index contributed by atoms with van der Waals surface area (Å²) in [5.41, 5.74) is -1.61. The Morgan fingerprint density at radius 3 is 2.83 bits per heavy atom. The molecule has 1 aliphatic carbocycles. The van der Waals surface area contributed by atoms with Crippen LogP contribution in [0.1, 0.15) is 24.8 Å². The summed E-state index contributed by atoms with van der Waals surface area (Å²) in [7, 11) is 0. The van der Waals surface area contributed by atoms with Crippen molar-refractivity contribution in [2.45, 2.75) is 37.3 Å². The quantitative estimate of drug-likeness (QED) is 0.873. The van der Waals surface area contributed by atoms with Gasteiger partial charge in [0, 0.05) is 25.1 Å². The molecule has 6 nitrogen and oxygen atoms in total. The van der Waals surface area contributed by atoms with E-state index < -0.39 is 17.4 Å². The first kappa shape index (κ1) is 15.5. The molecule has 0 atom stereocenters. The van der Waals surface area contributed by atoms with Crippen molar-refractivity contribution >= 4 is 5.91 Å². The van der Waals surface area contributed by atoms with Gasteiger partial charge in [-0.15, -0.1) is 0 Å². The maximum absolute atomic E-state index is 14.0. The van der Waals surface area contributed by atoms with Crippen LogP contribution in [0.15, 0.2) is 36.8 Å². The number of hydrogen-bond donors (Lipinski definition) is 2. The Morgan fingerprint density at radius 1 is 1.43 bits per heavy atom. The number of nitrogens with zero attached hydrogens (tertiary/aromatic N) is 3. The molecule has 0 unspecified atom stereocenters. The van der Waals surface area contributed by atoms with E-state index in [0.29, 0.717) is 17.8 Å². The fraction of sp³-hybridized carbons (Fsp3) is 0.400. The van der Waals surface area contributed by atoms with Crippen LogP contribution in [0.5, 0.6) is 0 Å². The van der Waals surface area contributed by atoms with Crippen LogP contribution >= 0.6 is 0 Å². The normalized spacial score (nSPS) is 16.7. The summed E-state index contributed by atoms with van der Waals surface area (Å²) in [4.78, 5) is 15.9. The van der Waals surface area contributed by atoms with Gasteiger partial charge >= 0.3 is 5.92 Å². The van der Waals surface area contributed by atoms with Gasteiger partial charge in [0.1, 0.15) is 5.60 Å². The number of rotatable bonds is 5. The van der Waals surface area contributed by atoms with Crippen molar-refractivity contribution in [3.63, 3.8) is 0 Å². The molecule has 1 amide bonds. The maximum atomic E-state index is 14.0. The van der Waals surface area contributed by atoms with Crippen molar-refractivity contribution in [1.82, 2.24) is 20.1 Å². The zero-order valence-electron chi connectivity index (χ0n) is 12.2. The Kier molecular flexibility index (Phi) is 3.85. The summed E-state index contributed by atoms with van der Waals surface area (Å²) < 4.78 is 29.5. The number of carbonyl (C=O) groups is 1. The van der Waals surface area contributed by atoms with E-state index in [1.54, 1.807) is 30.6 Å². The minimum atomic E-state index is -3.79. The summed E-state index contributed by atoms with van der Waals surface area (Å²) in [5.74, 6) is -4.73. The highest BCUT2D eigenvalue weighted by Crippen LogP contribution is 2.44. The molecule has 1 saturated carbocycles. The summed E-state index contributed by atoms with van der Waals surface area (Å²) in [6.07, 6.45) is 5.17. The van der Waals surface area contributed by atoms with Gasteiger partial charge in [-0.25, -0.2) is 9.67 Å². The highest BCUT2D eigenvalue weighted by atomic mass is 19.3. The molecule has 2 aromatic heterocycles. The number of hydrogen-bond acceptors (Lipinski definition) is 4. The molecule has 8 heteroatoms. The molecule has 2 aromatic rings. The second-order valence-corrected chi connectivity index (χ2v) is 5.62. The maximum Gasteiger partial charge on any atom is 0.352 e. The second-order valence-electron chi connectivity index (χ2n) is 5.62. The molecule has 0 bridgehead atoms. The highest BCUT2D eigenvalue weighted by Gasteiger charge is 2.61. The standard InChI is InChI=1S/C15H16F2N4O2/c16-15(17,14(23)4-1-5-14)13(22)19-10-11-3-7-18-12(9-11)21-8-2-6-20-21/h2-3,6-9,23H,1,4-5,10H2,(H,19,22). The number of alkyl halides is 2. The SMILES string of the molecule is O=C(NCc1ccnc(-n2cccn2)c1)C(F)(F)C1(O)CCC1. The Hall–Kier alpha value is -2.35. The number of aromatic nitrogens is 3. The third kappa shape index (κ3) is 2.81. The molecule has 2 heterocycles. The first-order valence-electron chi connectivity index (χ1n) is 7.26. The molecular weight excluding hydrogens is 306 g/mol. The van der Waals surface area contributed by atoms with Crippen LogP contribution in [-0.4, -0.2) is 37.3 Å². The van der Waals surface area contributed by atoms with Crippen molar-refractivity contribution in [1.29, 1.82) is 0 Å². The second kappa shape index (κ2) is 5.69. The fourth-order valence-corrected chi connectivity index (χ4v) is 2.43. The van der Waals surface area contributed by atoms with Crippen LogP contribution in [0.4, 0.5) is 8.78 Å². The van der Waals surface area contributed by atoms with E-state index >= 15 is 0 Å². The minimum Gasteiger partial charge on any atom is -0.383 e. The summed E-state index contributed by atoms with van der Waals surface area (Å²) in [5, 5.41) is 15.9. The van der Waals surface area contributed by atoms with E-state index in [1.165, 1.54) is 10.9 Å². The van der Waals surface area contributed by atoms with E-state index in [9.17, 15) is 18.7 Å². The molecule has 0 saturated heterocycles. The summed E-state index contributed by atoms with van der Waals surface area (Å²) in [6, 6.07) is 4.99. The van der Waals surface area contributed by atoms with Crippen molar-refractivity contribution in [3.05, 3.63) is 42.4 Å². The van der Waals surface area contributed by atoms with E-state index in [-0.39, 0.29) is 19.4 Å². The first-order chi connectivity index (χ1) is 10.9. The number of aliphatic hydroxyl groups is 1. The van der Waals surface area contributed by atoms with Gasteiger partial charge in [0.25, 0.3) is 5.91 Å². The fourth-order valence-electron chi connectivity index (χ4n) is 2.43. The minimum absolute atomic E-state index is 0.0634. The van der Waals surface area contributed by atoms with Gasteiger partial charge in [-0.3, -0.25) is 4.79 Å². The van der Waals surface area contributed by atoms with E-state index in [1.807, 2.05) is 0 Å². The molecular formula is C15H16F2N4O2. The van der Waals surface area contributed by atoms with Gasteiger partial charge < -0.3 is 10.4 Å². The van der Waals surface area contributed by atoms with Crippen LogP contribution < -0.4 is 5.32 Å². The van der Waals surface area contributed by atoms with Gasteiger partial charge in [-0.1, -0.05) is 0 Å². The van der Waals surface area contributed by atoms with Gasteiger partial charge in [0.2, 0.25) is 0 Å². The number of amides is 1. The van der Waals surface area contributed by atoms with Crippen molar-refractivity contribution in [2.75, 3.05) is 0 Å². The topological polar surface area (TPSA) is 80.0 Å². The lowest BCUT2D eigenvalue weighted by Crippen LogP contribution is -2.60. The third-order valence-corrected chi connectivity index (χ3v) is 4.05. The van der Waals surface area contributed by atoms with E-state index in [0.717, 1.165) is 0 Å². The van der Waals surface area contributed by atoms with Gasteiger partial charge in [-0.05, 0) is 43.0 Å². The number of pyridine rings is 1. The van der Waals surface area contributed by atoms with Crippen LogP contribution in [0, 0.1) is 0 Å². The predicted octanol–water partition coefficient (Wildman–Crippen LogP) is 1.43. The molecule has 122 valence electrons. The molecule has 0 radical (unpaired) electrons. The van der Waals surface area contributed by atoms with Gasteiger partial charge in [0.15, 0.2) is 5.82 Å². The molecule has 3 rings (SSSR count). The largest absolute Gasteiger partial charge is 0.383 e. The molecule has 1 fully saturated rings. The Morgan fingerprint density at radius 2 is 2.22 bits per heavy atom. The van der Waals surface area contributed by atoms with Crippen molar-refractivity contribution in [3.8, 4) is 5.82 Å². The number of carbonyl (C=O) groups excluding carboxylic acids is 1. The smallest absolute Gasteiger partial charge is 0.352 e. The Bertz CT molecular complexity index is 699. The zero-order valence-corrected chi connectivity index (χ0v) is 12.2. The van der Waals surface area contributed by atoms with E-state index in [2.05, 4.69) is 15.4 Å². The Balaban J connectivity index is 1.66. The lowest BCUT2D eigenvalue weighted by Gasteiger charge is -2.41. The lowest BCUT2D eigenvalue weighted by atomic mass is 9.75. The summed E-state index contributed by atoms with van der Waals surface area (Å²) in [6.45, 7) is -0.0821. The third-order valence-electron chi connectivity index (χ3n) is 4.05. The highest BCUT2D eigenvalue weighted by molar-refractivity contribution is 5.85. The van der Waals surface area contributed by atoms with Gasteiger partial charge in [0.05, 0.1) is 0 Å². The predicted molar refractivity (Wildman–Crippen MR) is 77.0 cm³/mol. The summed E-state index contributed by atoms with van der Waals surface area (Å²) >= 11 is 0. The number of nitrogens with one attached hydrogen (secondary N) is 1. The van der Waals surface area contributed by atoms with Crippen LogP contribution in [0.3, 0.4) is 0 Å². The molecule has 23 heavy (non-hydrogen) atoms. The Labute approximate surface area is 131 Å². The average Bonchev–Trinajstić information content (AvgIpc) is 3.04. The van der Waals surface area contributed by atoms with Crippen LogP contribution in [0.25, 0.3) is 5.82 Å².